The third-order valence-electron chi connectivity index (χ3n) is 3.19. The summed E-state index contributed by atoms with van der Waals surface area (Å²) in [7, 11) is 0. The van der Waals surface area contributed by atoms with Crippen LogP contribution in [0.4, 0.5) is 0 Å². The molecule has 3 rings (SSSR count). The molecule has 1 aromatic heterocycles. The number of hydrogen-bond acceptors (Lipinski definition) is 4. The quantitative estimate of drug-likeness (QED) is 0.905. The Balaban J connectivity index is 1.94. The van der Waals surface area contributed by atoms with E-state index in [9.17, 15) is 9.90 Å². The van der Waals surface area contributed by atoms with Crippen LogP contribution in [-0.2, 0) is 4.79 Å². The molecule has 1 N–H and O–H groups in total. The zero-order valence-electron chi connectivity index (χ0n) is 10.5. The Morgan fingerprint density at radius 2 is 2.25 bits per heavy atom. The SMILES string of the molecule is O=C(O)[C@@H](Oc1ccc(Br)cc1-c1ccno1)C1CC1. The highest BCUT2D eigenvalue weighted by molar-refractivity contribution is 9.10. The van der Waals surface area contributed by atoms with Gasteiger partial charge in [-0.1, -0.05) is 21.1 Å². The average Bonchev–Trinajstić information content (AvgIpc) is 3.10. The van der Waals surface area contributed by atoms with E-state index in [1.807, 2.05) is 6.07 Å². The summed E-state index contributed by atoms with van der Waals surface area (Å²) >= 11 is 3.38. The smallest absolute Gasteiger partial charge is 0.345 e. The van der Waals surface area contributed by atoms with Gasteiger partial charge in [0.25, 0.3) is 0 Å². The van der Waals surface area contributed by atoms with Crippen molar-refractivity contribution in [1.29, 1.82) is 0 Å². The van der Waals surface area contributed by atoms with Crippen molar-refractivity contribution in [1.82, 2.24) is 5.16 Å². The minimum Gasteiger partial charge on any atom is -0.478 e. The molecule has 0 radical (unpaired) electrons. The van der Waals surface area contributed by atoms with Crippen molar-refractivity contribution in [3.8, 4) is 17.1 Å². The Labute approximate surface area is 123 Å². The van der Waals surface area contributed by atoms with E-state index in [0.29, 0.717) is 17.1 Å². The molecule has 1 aromatic carbocycles. The first-order valence-corrected chi connectivity index (χ1v) is 7.04. The van der Waals surface area contributed by atoms with Gasteiger partial charge in [-0.2, -0.15) is 0 Å². The summed E-state index contributed by atoms with van der Waals surface area (Å²) in [6.07, 6.45) is 2.52. The first kappa shape index (κ1) is 13.2. The first-order chi connectivity index (χ1) is 9.65. The molecule has 1 aliphatic carbocycles. The molecule has 5 nitrogen and oxygen atoms in total. The summed E-state index contributed by atoms with van der Waals surface area (Å²) in [5.41, 5.74) is 0.684. The van der Waals surface area contributed by atoms with Crippen LogP contribution in [-0.4, -0.2) is 22.3 Å². The number of nitrogens with zero attached hydrogens (tertiary/aromatic N) is 1. The summed E-state index contributed by atoms with van der Waals surface area (Å²) < 4.78 is 11.7. The Kier molecular flexibility index (Phi) is 3.48. The maximum absolute atomic E-state index is 11.3. The van der Waals surface area contributed by atoms with Gasteiger partial charge < -0.3 is 14.4 Å². The lowest BCUT2D eigenvalue weighted by Crippen LogP contribution is -2.29. The van der Waals surface area contributed by atoms with E-state index in [2.05, 4.69) is 21.1 Å². The van der Waals surface area contributed by atoms with Gasteiger partial charge in [0.05, 0.1) is 11.8 Å². The van der Waals surface area contributed by atoms with Gasteiger partial charge in [-0.3, -0.25) is 0 Å². The molecular weight excluding hydrogens is 326 g/mol. The number of aliphatic carboxylic acids is 1. The molecule has 0 aliphatic heterocycles. The number of carbonyl (C=O) groups is 1. The largest absolute Gasteiger partial charge is 0.478 e. The van der Waals surface area contributed by atoms with Crippen LogP contribution < -0.4 is 4.74 Å². The molecule has 1 fully saturated rings. The molecule has 1 heterocycles. The second-order valence-corrected chi connectivity index (χ2v) is 5.65. The topological polar surface area (TPSA) is 72.6 Å². The van der Waals surface area contributed by atoms with Crippen molar-refractivity contribution in [2.45, 2.75) is 18.9 Å². The highest BCUT2D eigenvalue weighted by Crippen LogP contribution is 2.38. The number of hydrogen-bond donors (Lipinski definition) is 1. The van der Waals surface area contributed by atoms with Crippen molar-refractivity contribution in [2.24, 2.45) is 5.92 Å². The van der Waals surface area contributed by atoms with E-state index in [1.54, 1.807) is 18.2 Å². The zero-order valence-corrected chi connectivity index (χ0v) is 12.0. The van der Waals surface area contributed by atoms with E-state index in [0.717, 1.165) is 17.3 Å². The highest BCUT2D eigenvalue weighted by atomic mass is 79.9. The van der Waals surface area contributed by atoms with E-state index >= 15 is 0 Å². The van der Waals surface area contributed by atoms with Crippen LogP contribution in [0.25, 0.3) is 11.3 Å². The molecular formula is C14H12BrNO4. The van der Waals surface area contributed by atoms with Gasteiger partial charge in [0.1, 0.15) is 5.75 Å². The fourth-order valence-electron chi connectivity index (χ4n) is 2.04. The number of benzene rings is 1. The average molecular weight is 338 g/mol. The Morgan fingerprint density at radius 1 is 1.45 bits per heavy atom. The van der Waals surface area contributed by atoms with Crippen LogP contribution in [0.2, 0.25) is 0 Å². The lowest BCUT2D eigenvalue weighted by molar-refractivity contribution is -0.146. The van der Waals surface area contributed by atoms with Crippen molar-refractivity contribution >= 4 is 21.9 Å². The van der Waals surface area contributed by atoms with Crippen molar-refractivity contribution in [2.75, 3.05) is 0 Å². The summed E-state index contributed by atoms with van der Waals surface area (Å²) in [5, 5.41) is 12.9. The Hall–Kier alpha value is -1.82. The van der Waals surface area contributed by atoms with Gasteiger partial charge in [0.15, 0.2) is 11.9 Å². The monoisotopic (exact) mass is 337 g/mol. The first-order valence-electron chi connectivity index (χ1n) is 6.25. The van der Waals surface area contributed by atoms with Crippen LogP contribution >= 0.6 is 15.9 Å². The number of carboxylic acid groups (broad SMARTS) is 1. The number of carboxylic acids is 1. The van der Waals surface area contributed by atoms with Crippen molar-refractivity contribution in [3.05, 3.63) is 34.9 Å². The molecule has 1 aliphatic rings. The molecule has 2 aromatic rings. The van der Waals surface area contributed by atoms with Crippen LogP contribution in [0.15, 0.2) is 39.5 Å². The predicted molar refractivity (Wildman–Crippen MR) is 74.4 cm³/mol. The van der Waals surface area contributed by atoms with Crippen LogP contribution in [0, 0.1) is 5.92 Å². The third-order valence-corrected chi connectivity index (χ3v) is 3.69. The Morgan fingerprint density at radius 3 is 2.85 bits per heavy atom. The maximum Gasteiger partial charge on any atom is 0.345 e. The summed E-state index contributed by atoms with van der Waals surface area (Å²) in [4.78, 5) is 11.3. The molecule has 104 valence electrons. The molecule has 1 saturated carbocycles. The fraction of sp³-hybridized carbons (Fsp3) is 0.286. The van der Waals surface area contributed by atoms with Gasteiger partial charge in [0, 0.05) is 16.5 Å². The molecule has 0 amide bonds. The van der Waals surface area contributed by atoms with E-state index in [-0.39, 0.29) is 5.92 Å². The van der Waals surface area contributed by atoms with E-state index in [4.69, 9.17) is 9.26 Å². The van der Waals surface area contributed by atoms with Gasteiger partial charge >= 0.3 is 5.97 Å². The van der Waals surface area contributed by atoms with Crippen LogP contribution in [0.1, 0.15) is 12.8 Å². The van der Waals surface area contributed by atoms with Crippen LogP contribution in [0.5, 0.6) is 5.75 Å². The zero-order chi connectivity index (χ0) is 14.1. The second-order valence-electron chi connectivity index (χ2n) is 4.73. The molecule has 0 bridgehead atoms. The van der Waals surface area contributed by atoms with Gasteiger partial charge in [0.2, 0.25) is 0 Å². The van der Waals surface area contributed by atoms with E-state index < -0.39 is 12.1 Å². The predicted octanol–water partition coefficient (Wildman–Crippen LogP) is 3.35. The molecule has 0 unspecified atom stereocenters. The van der Waals surface area contributed by atoms with E-state index in [1.165, 1.54) is 6.20 Å². The molecule has 1 atom stereocenters. The molecule has 0 saturated heterocycles. The standard InChI is InChI=1S/C14H12BrNO4/c15-9-3-4-11(10(7-9)12-5-6-16-20-12)19-13(14(17)18)8-1-2-8/h3-8,13H,1-2H2,(H,17,18)/t13-/m0/s1. The minimum absolute atomic E-state index is 0.0960. The number of ether oxygens (including phenoxy) is 1. The van der Waals surface area contributed by atoms with Gasteiger partial charge in [-0.25, -0.2) is 4.79 Å². The van der Waals surface area contributed by atoms with Crippen LogP contribution in [0.3, 0.4) is 0 Å². The van der Waals surface area contributed by atoms with Crippen molar-refractivity contribution < 1.29 is 19.2 Å². The Bertz CT molecular complexity index is 622. The molecule has 20 heavy (non-hydrogen) atoms. The lowest BCUT2D eigenvalue weighted by Gasteiger charge is -2.16. The number of halogens is 1. The maximum atomic E-state index is 11.3. The summed E-state index contributed by atoms with van der Waals surface area (Å²) in [6.45, 7) is 0. The lowest BCUT2D eigenvalue weighted by atomic mass is 10.1. The van der Waals surface area contributed by atoms with Gasteiger partial charge in [-0.15, -0.1) is 0 Å². The summed E-state index contributed by atoms with van der Waals surface area (Å²) in [5.74, 6) is 0.197. The minimum atomic E-state index is -0.932. The fourth-order valence-corrected chi connectivity index (χ4v) is 2.40. The summed E-state index contributed by atoms with van der Waals surface area (Å²) in [6, 6.07) is 7.07. The molecule has 0 spiro atoms. The van der Waals surface area contributed by atoms with Gasteiger partial charge in [-0.05, 0) is 31.0 Å². The third kappa shape index (κ3) is 2.70. The van der Waals surface area contributed by atoms with Crippen molar-refractivity contribution in [3.63, 3.8) is 0 Å². The number of rotatable bonds is 5. The normalized spacial score (nSPS) is 15.8. The second kappa shape index (κ2) is 5.28. The highest BCUT2D eigenvalue weighted by Gasteiger charge is 2.38. The number of aromatic nitrogens is 1. The molecule has 6 heteroatoms.